The van der Waals surface area contributed by atoms with E-state index in [9.17, 15) is 4.79 Å². The molecule has 122 valence electrons. The number of amides is 1. The lowest BCUT2D eigenvalue weighted by Crippen LogP contribution is -2.56. The molecule has 4 nitrogen and oxygen atoms in total. The summed E-state index contributed by atoms with van der Waals surface area (Å²) < 4.78 is -0.692. The maximum atomic E-state index is 11.4. The van der Waals surface area contributed by atoms with E-state index < -0.39 is 15.9 Å². The number of carbonyl (C=O) groups is 1. The Balaban J connectivity index is 2.76. The second-order valence-electron chi connectivity index (χ2n) is 4.23. The Bertz CT molecular complexity index is 568. The van der Waals surface area contributed by atoms with Crippen molar-refractivity contribution in [3.8, 4) is 0 Å². The molecule has 1 atom stereocenters. The zero-order valence-electron chi connectivity index (χ0n) is 11.2. The van der Waals surface area contributed by atoms with Crippen LogP contribution in [0.3, 0.4) is 0 Å². The molecule has 22 heavy (non-hydrogen) atoms. The second kappa shape index (κ2) is 8.94. The van der Waals surface area contributed by atoms with E-state index in [1.54, 1.807) is 0 Å². The van der Waals surface area contributed by atoms with Crippen molar-refractivity contribution >= 4 is 97.9 Å². The highest BCUT2D eigenvalue weighted by molar-refractivity contribution is 14.1. The summed E-state index contributed by atoms with van der Waals surface area (Å²) in [6.45, 7) is 1.94. The molecule has 0 saturated heterocycles. The van der Waals surface area contributed by atoms with Crippen molar-refractivity contribution in [2.45, 2.75) is 16.9 Å². The molecule has 3 N–H and O–H groups in total. The highest BCUT2D eigenvalue weighted by atomic mass is 127. The fourth-order valence-corrected chi connectivity index (χ4v) is 2.74. The van der Waals surface area contributed by atoms with Gasteiger partial charge in [0.2, 0.25) is 9.70 Å². The van der Waals surface area contributed by atoms with Crippen LogP contribution in [-0.4, -0.2) is 26.9 Å². The summed E-state index contributed by atoms with van der Waals surface area (Å²) in [6, 6.07) is 5.81. The van der Waals surface area contributed by atoms with E-state index in [0.717, 1.165) is 14.8 Å². The Kier molecular flexibility index (Phi) is 8.25. The largest absolute Gasteiger partial charge is 0.339 e. The van der Waals surface area contributed by atoms with Gasteiger partial charge in [0, 0.05) is 9.26 Å². The normalized spacial score (nSPS) is 12.5. The fourth-order valence-electron chi connectivity index (χ4n) is 1.46. The van der Waals surface area contributed by atoms with Gasteiger partial charge >= 0.3 is 0 Å². The number of anilines is 1. The van der Waals surface area contributed by atoms with Gasteiger partial charge < -0.3 is 16.0 Å². The Morgan fingerprint density at radius 2 is 2.00 bits per heavy atom. The first kappa shape index (κ1) is 20.3. The van der Waals surface area contributed by atoms with Crippen LogP contribution < -0.4 is 16.0 Å². The van der Waals surface area contributed by atoms with Crippen molar-refractivity contribution in [3.05, 3.63) is 27.3 Å². The molecule has 1 aromatic rings. The molecular weight excluding hydrogens is 503 g/mol. The predicted molar refractivity (Wildman–Crippen MR) is 106 cm³/mol. The number of aryl methyl sites for hydroxylation is 1. The Morgan fingerprint density at radius 1 is 1.36 bits per heavy atom. The SMILES string of the molecule is Cc1cc(I)ccc1NC(=S)NC(NC(=O)CCl)C(Cl)(Cl)Cl. The average Bonchev–Trinajstić information content (AvgIpc) is 2.40. The molecule has 0 heterocycles. The standard InChI is InChI=1S/C12H12Cl4IN3OS/c1-6-4-7(17)2-3-8(6)18-11(22)20-10(12(14,15)16)19-9(21)5-13/h2-4,10H,5H2,1H3,(H,19,21)(H2,18,20,22). The average molecular weight is 515 g/mol. The van der Waals surface area contributed by atoms with Crippen LogP contribution in [0.1, 0.15) is 5.56 Å². The highest BCUT2D eigenvalue weighted by Crippen LogP contribution is 2.29. The molecule has 0 radical (unpaired) electrons. The third-order valence-electron chi connectivity index (χ3n) is 2.47. The first-order chi connectivity index (χ1) is 10.1. The number of hydrogen-bond donors (Lipinski definition) is 3. The van der Waals surface area contributed by atoms with E-state index in [-0.39, 0.29) is 11.0 Å². The van der Waals surface area contributed by atoms with E-state index in [2.05, 4.69) is 38.5 Å². The second-order valence-corrected chi connectivity index (χ2v) is 8.52. The Morgan fingerprint density at radius 3 is 2.50 bits per heavy atom. The maximum absolute atomic E-state index is 11.4. The fraction of sp³-hybridized carbons (Fsp3) is 0.333. The number of thiocarbonyl (C=S) groups is 1. The smallest absolute Gasteiger partial charge is 0.236 e. The summed E-state index contributed by atoms with van der Waals surface area (Å²) in [5.74, 6) is -0.742. The lowest BCUT2D eigenvalue weighted by molar-refractivity contribution is -0.119. The quantitative estimate of drug-likeness (QED) is 0.247. The lowest BCUT2D eigenvalue weighted by Gasteiger charge is -2.27. The van der Waals surface area contributed by atoms with Gasteiger partial charge in [0.1, 0.15) is 12.0 Å². The van der Waals surface area contributed by atoms with Crippen molar-refractivity contribution in [3.63, 3.8) is 0 Å². The number of hydrogen-bond acceptors (Lipinski definition) is 2. The molecular formula is C12H12Cl4IN3OS. The van der Waals surface area contributed by atoms with Crippen LogP contribution in [0.5, 0.6) is 0 Å². The molecule has 0 aliphatic rings. The maximum Gasteiger partial charge on any atom is 0.236 e. The van der Waals surface area contributed by atoms with E-state index in [4.69, 9.17) is 58.6 Å². The molecule has 0 fully saturated rings. The minimum absolute atomic E-state index is 0.204. The molecule has 1 amide bonds. The van der Waals surface area contributed by atoms with Gasteiger partial charge in [0.05, 0.1) is 0 Å². The number of alkyl halides is 4. The highest BCUT2D eigenvalue weighted by Gasteiger charge is 2.34. The Hall–Kier alpha value is 0.270. The van der Waals surface area contributed by atoms with E-state index in [0.29, 0.717) is 0 Å². The molecule has 1 rings (SSSR count). The van der Waals surface area contributed by atoms with Crippen LogP contribution in [0.2, 0.25) is 0 Å². The monoisotopic (exact) mass is 513 g/mol. The van der Waals surface area contributed by atoms with Gasteiger partial charge in [-0.15, -0.1) is 11.6 Å². The minimum atomic E-state index is -1.80. The van der Waals surface area contributed by atoms with Crippen molar-refractivity contribution in [1.82, 2.24) is 10.6 Å². The van der Waals surface area contributed by atoms with Gasteiger partial charge in [-0.3, -0.25) is 4.79 Å². The van der Waals surface area contributed by atoms with Crippen LogP contribution in [0.25, 0.3) is 0 Å². The summed E-state index contributed by atoms with van der Waals surface area (Å²) in [4.78, 5) is 11.4. The Labute approximate surface area is 167 Å². The molecule has 10 heteroatoms. The van der Waals surface area contributed by atoms with E-state index in [1.165, 1.54) is 0 Å². The molecule has 1 aromatic carbocycles. The van der Waals surface area contributed by atoms with Crippen LogP contribution >= 0.6 is 81.2 Å². The lowest BCUT2D eigenvalue weighted by atomic mass is 10.2. The van der Waals surface area contributed by atoms with Crippen molar-refractivity contribution < 1.29 is 4.79 Å². The van der Waals surface area contributed by atoms with Crippen molar-refractivity contribution in [1.29, 1.82) is 0 Å². The van der Waals surface area contributed by atoms with Crippen LogP contribution in [-0.2, 0) is 4.79 Å². The van der Waals surface area contributed by atoms with Gasteiger partial charge in [-0.25, -0.2) is 0 Å². The predicted octanol–water partition coefficient (Wildman–Crippen LogP) is 3.94. The zero-order valence-corrected chi connectivity index (χ0v) is 17.2. The first-order valence-corrected chi connectivity index (χ1v) is 9.04. The summed E-state index contributed by atoms with van der Waals surface area (Å²) in [6.07, 6.45) is -1.02. The molecule has 0 aliphatic carbocycles. The van der Waals surface area contributed by atoms with Gasteiger partial charge in [-0.1, -0.05) is 34.8 Å². The number of benzene rings is 1. The van der Waals surface area contributed by atoms with Crippen LogP contribution in [0, 0.1) is 10.5 Å². The first-order valence-electron chi connectivity index (χ1n) is 5.89. The number of halogens is 5. The van der Waals surface area contributed by atoms with Crippen molar-refractivity contribution in [2.24, 2.45) is 0 Å². The number of carbonyl (C=O) groups excluding carboxylic acids is 1. The third-order valence-corrected chi connectivity index (χ3v) is 4.25. The topological polar surface area (TPSA) is 53.2 Å². The van der Waals surface area contributed by atoms with Crippen LogP contribution in [0.4, 0.5) is 5.69 Å². The van der Waals surface area contributed by atoms with Crippen LogP contribution in [0.15, 0.2) is 18.2 Å². The summed E-state index contributed by atoms with van der Waals surface area (Å²) >= 11 is 30.3. The van der Waals surface area contributed by atoms with Gasteiger partial charge in [0.15, 0.2) is 5.11 Å². The molecule has 0 saturated carbocycles. The molecule has 0 bridgehead atoms. The molecule has 1 unspecified atom stereocenters. The van der Waals surface area contributed by atoms with E-state index >= 15 is 0 Å². The molecule has 0 aliphatic heterocycles. The summed E-state index contributed by atoms with van der Waals surface area (Å²) in [5.41, 5.74) is 1.82. The summed E-state index contributed by atoms with van der Waals surface area (Å²) in [7, 11) is 0. The van der Waals surface area contributed by atoms with Gasteiger partial charge in [0.25, 0.3) is 0 Å². The van der Waals surface area contributed by atoms with Gasteiger partial charge in [-0.05, 0) is 65.5 Å². The number of rotatable bonds is 4. The third kappa shape index (κ3) is 6.80. The summed E-state index contributed by atoms with van der Waals surface area (Å²) in [5, 5.41) is 8.38. The number of nitrogens with one attached hydrogen (secondary N) is 3. The van der Waals surface area contributed by atoms with Crippen molar-refractivity contribution in [2.75, 3.05) is 11.2 Å². The molecule has 0 aromatic heterocycles. The molecule has 0 spiro atoms. The minimum Gasteiger partial charge on any atom is -0.339 e. The zero-order chi connectivity index (χ0) is 16.9. The van der Waals surface area contributed by atoms with E-state index in [1.807, 2.05) is 25.1 Å². The van der Waals surface area contributed by atoms with Gasteiger partial charge in [-0.2, -0.15) is 0 Å².